The van der Waals surface area contributed by atoms with Crippen molar-refractivity contribution >= 4 is 55.5 Å². The lowest BCUT2D eigenvalue weighted by Crippen LogP contribution is -2.32. The molecule has 0 saturated heterocycles. The second kappa shape index (κ2) is 10.5. The Morgan fingerprint density at radius 2 is 2.17 bits per heavy atom. The first-order valence-electron chi connectivity index (χ1n) is 8.71. The zero-order chi connectivity index (χ0) is 22.3. The molecule has 0 saturated carbocycles. The van der Waals surface area contributed by atoms with E-state index in [1.807, 2.05) is 0 Å². The summed E-state index contributed by atoms with van der Waals surface area (Å²) in [5.74, 6) is 0.358. The van der Waals surface area contributed by atoms with Crippen molar-refractivity contribution in [2.75, 3.05) is 28.2 Å². The molecule has 162 valence electrons. The molecule has 0 atom stereocenters. The summed E-state index contributed by atoms with van der Waals surface area (Å²) in [6, 6.07) is 4.03. The Hall–Kier alpha value is -2.51. The van der Waals surface area contributed by atoms with Crippen LogP contribution in [-0.2, 0) is 14.8 Å². The van der Waals surface area contributed by atoms with Crippen LogP contribution in [-0.4, -0.2) is 48.0 Å². The van der Waals surface area contributed by atoms with E-state index in [4.69, 9.17) is 0 Å². The minimum Gasteiger partial charge on any atom is -0.301 e. The number of hydrogen-bond donors (Lipinski definition) is 1. The van der Waals surface area contributed by atoms with Crippen LogP contribution in [0.1, 0.15) is 18.4 Å². The van der Waals surface area contributed by atoms with Gasteiger partial charge in [-0.05, 0) is 18.9 Å². The monoisotopic (exact) mass is 471 g/mol. The Morgan fingerprint density at radius 1 is 1.43 bits per heavy atom. The molecule has 30 heavy (non-hydrogen) atoms. The van der Waals surface area contributed by atoms with Crippen molar-refractivity contribution < 1.29 is 18.1 Å². The first-order chi connectivity index (χ1) is 14.1. The van der Waals surface area contributed by atoms with Crippen molar-refractivity contribution in [3.8, 4) is 0 Å². The number of rotatable bonds is 11. The smallest absolute Gasteiger partial charge is 0.271 e. The molecule has 0 aliphatic heterocycles. The van der Waals surface area contributed by atoms with Crippen molar-refractivity contribution in [2.24, 2.45) is 0 Å². The van der Waals surface area contributed by atoms with Crippen LogP contribution < -0.4 is 9.62 Å². The van der Waals surface area contributed by atoms with Crippen molar-refractivity contribution in [3.05, 3.63) is 46.5 Å². The number of anilines is 2. The van der Waals surface area contributed by atoms with E-state index in [0.29, 0.717) is 20.8 Å². The molecular weight excluding hydrogens is 450 g/mol. The summed E-state index contributed by atoms with van der Waals surface area (Å²) in [4.78, 5) is 22.6. The first-order valence-corrected chi connectivity index (χ1v) is 12.4. The van der Waals surface area contributed by atoms with E-state index in [1.165, 1.54) is 41.3 Å². The number of aryl methyl sites for hydroxylation is 1. The Bertz CT molecular complexity index is 1040. The highest BCUT2D eigenvalue weighted by molar-refractivity contribution is 8.01. The number of hydrogen-bond acceptors (Lipinski definition) is 9. The number of thioether (sulfide) groups is 1. The average molecular weight is 472 g/mol. The Kier molecular flexibility index (Phi) is 8.32. The number of aromatic nitrogens is 2. The third-order valence-electron chi connectivity index (χ3n) is 3.82. The molecule has 2 aromatic rings. The van der Waals surface area contributed by atoms with Gasteiger partial charge in [0.1, 0.15) is 0 Å². The summed E-state index contributed by atoms with van der Waals surface area (Å²) < 4.78 is 26.3. The Morgan fingerprint density at radius 3 is 2.80 bits per heavy atom. The molecule has 1 aromatic heterocycles. The van der Waals surface area contributed by atoms with Gasteiger partial charge in [-0.2, -0.15) is 0 Å². The van der Waals surface area contributed by atoms with Gasteiger partial charge in [0.2, 0.25) is 21.1 Å². The van der Waals surface area contributed by atoms with Gasteiger partial charge in [-0.15, -0.1) is 16.8 Å². The number of amides is 1. The van der Waals surface area contributed by atoms with Gasteiger partial charge in [0.25, 0.3) is 5.69 Å². The summed E-state index contributed by atoms with van der Waals surface area (Å²) in [6.07, 6.45) is 3.03. The molecule has 0 fully saturated rings. The lowest BCUT2D eigenvalue weighted by molar-refractivity contribution is -0.384. The first kappa shape index (κ1) is 23.8. The number of carbonyl (C=O) groups excluding carboxylic acids is 1. The van der Waals surface area contributed by atoms with Crippen LogP contribution in [0.25, 0.3) is 0 Å². The lowest BCUT2D eigenvalue weighted by Gasteiger charge is -2.23. The summed E-state index contributed by atoms with van der Waals surface area (Å²) in [6.45, 7) is 5.30. The Balaban J connectivity index is 2.01. The second-order valence-corrected chi connectivity index (χ2v) is 10.3. The maximum Gasteiger partial charge on any atom is 0.271 e. The maximum absolute atomic E-state index is 12.3. The fourth-order valence-electron chi connectivity index (χ4n) is 2.46. The van der Waals surface area contributed by atoms with E-state index >= 15 is 0 Å². The van der Waals surface area contributed by atoms with E-state index in [1.54, 1.807) is 13.0 Å². The van der Waals surface area contributed by atoms with Gasteiger partial charge in [0.05, 0.1) is 16.9 Å². The molecule has 0 radical (unpaired) electrons. The fourth-order valence-corrected chi connectivity index (χ4v) is 5.00. The van der Waals surface area contributed by atoms with E-state index in [9.17, 15) is 23.3 Å². The number of sulfonamides is 1. The van der Waals surface area contributed by atoms with E-state index in [0.717, 1.165) is 10.6 Å². The number of nitrogens with zero attached hydrogens (tertiary/aromatic N) is 4. The molecule has 13 heteroatoms. The van der Waals surface area contributed by atoms with Crippen molar-refractivity contribution in [1.29, 1.82) is 0 Å². The topological polar surface area (TPSA) is 135 Å². The van der Waals surface area contributed by atoms with E-state index in [2.05, 4.69) is 22.1 Å². The summed E-state index contributed by atoms with van der Waals surface area (Å²) in [5.41, 5.74) is 0.595. The standard InChI is InChI=1S/C17H21N5O5S3/c1-4-10-28-17-20-19-16(29-17)18-15(23)6-5-9-21(30(3,26)27)14-11-13(22(24)25)8-7-12(14)2/h4,7-8,11H,1,5-6,9-10H2,2-3H3,(H,18,19,23). The van der Waals surface area contributed by atoms with Gasteiger partial charge in [0.15, 0.2) is 4.34 Å². The normalized spacial score (nSPS) is 11.1. The number of carbonyl (C=O) groups is 1. The van der Waals surface area contributed by atoms with Crippen LogP contribution in [0.15, 0.2) is 35.2 Å². The highest BCUT2D eigenvalue weighted by atomic mass is 32.2. The zero-order valence-corrected chi connectivity index (χ0v) is 18.8. The fraction of sp³-hybridized carbons (Fsp3) is 0.353. The van der Waals surface area contributed by atoms with Gasteiger partial charge >= 0.3 is 0 Å². The van der Waals surface area contributed by atoms with E-state index < -0.39 is 14.9 Å². The highest BCUT2D eigenvalue weighted by Gasteiger charge is 2.22. The lowest BCUT2D eigenvalue weighted by atomic mass is 10.1. The molecular formula is C17H21N5O5S3. The van der Waals surface area contributed by atoms with Gasteiger partial charge in [-0.25, -0.2) is 8.42 Å². The quantitative estimate of drug-likeness (QED) is 0.173. The van der Waals surface area contributed by atoms with Crippen LogP contribution in [0.3, 0.4) is 0 Å². The minimum atomic E-state index is -3.70. The molecule has 1 N–H and O–H groups in total. The molecule has 0 aliphatic rings. The van der Waals surface area contributed by atoms with Crippen LogP contribution >= 0.6 is 23.1 Å². The van der Waals surface area contributed by atoms with Gasteiger partial charge in [-0.3, -0.25) is 19.2 Å². The largest absolute Gasteiger partial charge is 0.301 e. The van der Waals surface area contributed by atoms with Gasteiger partial charge in [0, 0.05) is 30.9 Å². The van der Waals surface area contributed by atoms with Crippen LogP contribution in [0.2, 0.25) is 0 Å². The molecule has 10 nitrogen and oxygen atoms in total. The average Bonchev–Trinajstić information content (AvgIpc) is 3.10. The number of nitro groups is 1. The number of benzene rings is 1. The minimum absolute atomic E-state index is 0.00478. The summed E-state index contributed by atoms with van der Waals surface area (Å²) >= 11 is 2.69. The third-order valence-corrected chi connectivity index (χ3v) is 6.96. The highest BCUT2D eigenvalue weighted by Crippen LogP contribution is 2.28. The van der Waals surface area contributed by atoms with Gasteiger partial charge in [-0.1, -0.05) is 35.2 Å². The predicted octanol–water partition coefficient (Wildman–Crippen LogP) is 3.22. The van der Waals surface area contributed by atoms with Crippen LogP contribution in [0.5, 0.6) is 0 Å². The molecule has 0 bridgehead atoms. The maximum atomic E-state index is 12.3. The number of nitrogens with one attached hydrogen (secondary N) is 1. The molecule has 1 heterocycles. The van der Waals surface area contributed by atoms with E-state index in [-0.39, 0.29) is 36.7 Å². The molecule has 0 unspecified atom stereocenters. The van der Waals surface area contributed by atoms with Gasteiger partial charge < -0.3 is 5.32 Å². The predicted molar refractivity (Wildman–Crippen MR) is 119 cm³/mol. The van der Waals surface area contributed by atoms with Crippen LogP contribution in [0, 0.1) is 17.0 Å². The molecule has 2 rings (SSSR count). The summed E-state index contributed by atoms with van der Waals surface area (Å²) in [7, 11) is -3.70. The summed E-state index contributed by atoms with van der Waals surface area (Å²) in [5, 5.41) is 21.9. The van der Waals surface area contributed by atoms with Crippen molar-refractivity contribution in [3.63, 3.8) is 0 Å². The second-order valence-electron chi connectivity index (χ2n) is 6.19. The molecule has 1 aromatic carbocycles. The molecule has 0 spiro atoms. The number of nitro benzene ring substituents is 1. The SMILES string of the molecule is C=CCSc1nnc(NC(=O)CCCN(c2cc([N+](=O)[O-])ccc2C)S(C)(=O)=O)s1. The van der Waals surface area contributed by atoms with Crippen molar-refractivity contribution in [2.45, 2.75) is 24.1 Å². The zero-order valence-electron chi connectivity index (χ0n) is 16.4. The molecule has 0 aliphatic carbocycles. The Labute approximate surface area is 182 Å². The van der Waals surface area contributed by atoms with Crippen molar-refractivity contribution in [1.82, 2.24) is 10.2 Å². The van der Waals surface area contributed by atoms with Crippen LogP contribution in [0.4, 0.5) is 16.5 Å². The number of non-ortho nitro benzene ring substituents is 1. The third kappa shape index (κ3) is 6.78. The molecule has 1 amide bonds.